The van der Waals surface area contributed by atoms with E-state index >= 15 is 0 Å². The van der Waals surface area contributed by atoms with Crippen molar-refractivity contribution in [3.63, 3.8) is 0 Å². The van der Waals surface area contributed by atoms with E-state index in [-0.39, 0.29) is 6.04 Å². The van der Waals surface area contributed by atoms with Crippen molar-refractivity contribution in [2.45, 2.75) is 32.2 Å². The number of benzene rings is 1. The van der Waals surface area contributed by atoms with Gasteiger partial charge in [0.25, 0.3) is 0 Å². The zero-order chi connectivity index (χ0) is 10.1. The lowest BCUT2D eigenvalue weighted by atomic mass is 9.99. The summed E-state index contributed by atoms with van der Waals surface area (Å²) >= 11 is 0. The Morgan fingerprint density at radius 2 is 2.21 bits per heavy atom. The first kappa shape index (κ1) is 9.53. The minimum Gasteiger partial charge on any atom is -0.508 e. The van der Waals surface area contributed by atoms with Crippen molar-refractivity contribution in [3.8, 4) is 5.75 Å². The van der Waals surface area contributed by atoms with Crippen molar-refractivity contribution in [2.24, 2.45) is 11.7 Å². The van der Waals surface area contributed by atoms with Crippen LogP contribution in [0.5, 0.6) is 5.75 Å². The van der Waals surface area contributed by atoms with Crippen molar-refractivity contribution in [1.29, 1.82) is 0 Å². The average Bonchev–Trinajstić information content (AvgIpc) is 2.93. The summed E-state index contributed by atoms with van der Waals surface area (Å²) < 4.78 is 0. The lowest BCUT2D eigenvalue weighted by molar-refractivity contribution is 0.455. The highest BCUT2D eigenvalue weighted by Crippen LogP contribution is 2.38. The molecule has 1 aliphatic carbocycles. The molecule has 0 heterocycles. The number of hydrogen-bond acceptors (Lipinski definition) is 2. The Balaban J connectivity index is 2.15. The van der Waals surface area contributed by atoms with Crippen LogP contribution in [-0.2, 0) is 0 Å². The molecule has 1 fully saturated rings. The number of phenols is 1. The summed E-state index contributed by atoms with van der Waals surface area (Å²) in [5.74, 6) is 1.13. The van der Waals surface area contributed by atoms with Gasteiger partial charge in [-0.1, -0.05) is 30.5 Å². The first-order valence-corrected chi connectivity index (χ1v) is 5.22. The topological polar surface area (TPSA) is 46.2 Å². The molecule has 0 spiro atoms. The third-order valence-corrected chi connectivity index (χ3v) is 2.87. The highest BCUT2D eigenvalue weighted by atomic mass is 16.3. The molecule has 1 unspecified atom stereocenters. The van der Waals surface area contributed by atoms with Gasteiger partial charge in [0.1, 0.15) is 5.75 Å². The Morgan fingerprint density at radius 3 is 2.86 bits per heavy atom. The van der Waals surface area contributed by atoms with Crippen LogP contribution in [0.3, 0.4) is 0 Å². The zero-order valence-corrected chi connectivity index (χ0v) is 8.53. The van der Waals surface area contributed by atoms with Gasteiger partial charge >= 0.3 is 0 Å². The van der Waals surface area contributed by atoms with Crippen LogP contribution < -0.4 is 5.73 Å². The van der Waals surface area contributed by atoms with Crippen LogP contribution in [-0.4, -0.2) is 5.11 Å². The summed E-state index contributed by atoms with van der Waals surface area (Å²) in [5, 5.41) is 9.66. The third kappa shape index (κ3) is 2.07. The molecule has 1 saturated carbocycles. The van der Waals surface area contributed by atoms with E-state index in [0.717, 1.165) is 23.5 Å². The number of aryl methyl sites for hydroxylation is 1. The maximum atomic E-state index is 9.66. The van der Waals surface area contributed by atoms with E-state index in [2.05, 4.69) is 0 Å². The zero-order valence-electron chi connectivity index (χ0n) is 8.53. The molecule has 2 heteroatoms. The minimum atomic E-state index is 0.00222. The summed E-state index contributed by atoms with van der Waals surface area (Å²) in [7, 11) is 0. The van der Waals surface area contributed by atoms with E-state index in [1.165, 1.54) is 12.8 Å². The highest BCUT2D eigenvalue weighted by molar-refractivity contribution is 5.37. The summed E-state index contributed by atoms with van der Waals surface area (Å²) in [6.45, 7) is 2.02. The number of phenolic OH excluding ortho intramolecular Hbond substituents is 1. The van der Waals surface area contributed by atoms with Gasteiger partial charge in [0.15, 0.2) is 0 Å². The predicted molar refractivity (Wildman–Crippen MR) is 57.1 cm³/mol. The van der Waals surface area contributed by atoms with E-state index in [1.807, 2.05) is 19.1 Å². The maximum absolute atomic E-state index is 9.66. The van der Waals surface area contributed by atoms with Crippen molar-refractivity contribution in [3.05, 3.63) is 29.3 Å². The molecular formula is C12H17NO. The molecule has 14 heavy (non-hydrogen) atoms. The Hall–Kier alpha value is -1.02. The SMILES string of the molecule is Cc1ccc(O)c(C(N)CC2CC2)c1. The summed E-state index contributed by atoms with van der Waals surface area (Å²) in [4.78, 5) is 0. The van der Waals surface area contributed by atoms with Gasteiger partial charge in [0.2, 0.25) is 0 Å². The van der Waals surface area contributed by atoms with Gasteiger partial charge in [-0.15, -0.1) is 0 Å². The molecule has 2 rings (SSSR count). The fraction of sp³-hybridized carbons (Fsp3) is 0.500. The second kappa shape index (κ2) is 3.62. The fourth-order valence-corrected chi connectivity index (χ4v) is 1.81. The predicted octanol–water partition coefficient (Wildman–Crippen LogP) is 2.50. The normalized spacial score (nSPS) is 18.1. The number of nitrogens with two attached hydrogens (primary N) is 1. The molecule has 1 aliphatic rings. The standard InChI is InChI=1S/C12H17NO/c1-8-2-5-12(14)10(6-8)11(13)7-9-3-4-9/h2,5-6,9,11,14H,3-4,7,13H2,1H3. The first-order valence-electron chi connectivity index (χ1n) is 5.22. The van der Waals surface area contributed by atoms with E-state index in [4.69, 9.17) is 5.73 Å². The van der Waals surface area contributed by atoms with Crippen LogP contribution in [0.15, 0.2) is 18.2 Å². The molecule has 0 aromatic heterocycles. The van der Waals surface area contributed by atoms with E-state index < -0.39 is 0 Å². The van der Waals surface area contributed by atoms with Gasteiger partial charge in [0.05, 0.1) is 0 Å². The van der Waals surface area contributed by atoms with Crippen LogP contribution in [0.1, 0.15) is 36.4 Å². The van der Waals surface area contributed by atoms with Gasteiger partial charge in [-0.3, -0.25) is 0 Å². The Morgan fingerprint density at radius 1 is 1.50 bits per heavy atom. The molecular weight excluding hydrogens is 174 g/mol. The lowest BCUT2D eigenvalue weighted by Gasteiger charge is -2.13. The van der Waals surface area contributed by atoms with Crippen LogP contribution in [0.25, 0.3) is 0 Å². The quantitative estimate of drug-likeness (QED) is 0.771. The smallest absolute Gasteiger partial charge is 0.120 e. The molecule has 1 aromatic rings. The summed E-state index contributed by atoms with van der Waals surface area (Å²) in [6, 6.07) is 5.63. The van der Waals surface area contributed by atoms with Gasteiger partial charge in [-0.2, -0.15) is 0 Å². The second-order valence-electron chi connectivity index (χ2n) is 4.35. The van der Waals surface area contributed by atoms with Crippen LogP contribution >= 0.6 is 0 Å². The van der Waals surface area contributed by atoms with E-state index in [0.29, 0.717) is 5.75 Å². The van der Waals surface area contributed by atoms with Gasteiger partial charge in [-0.25, -0.2) is 0 Å². The van der Waals surface area contributed by atoms with Gasteiger partial charge < -0.3 is 10.8 Å². The van der Waals surface area contributed by atoms with Gasteiger partial charge in [-0.05, 0) is 25.3 Å². The van der Waals surface area contributed by atoms with Crippen molar-refractivity contribution < 1.29 is 5.11 Å². The van der Waals surface area contributed by atoms with Crippen molar-refractivity contribution in [2.75, 3.05) is 0 Å². The van der Waals surface area contributed by atoms with E-state index in [1.54, 1.807) is 6.07 Å². The largest absolute Gasteiger partial charge is 0.508 e. The molecule has 76 valence electrons. The van der Waals surface area contributed by atoms with Gasteiger partial charge in [0, 0.05) is 11.6 Å². The molecule has 0 aliphatic heterocycles. The molecule has 0 amide bonds. The van der Waals surface area contributed by atoms with Crippen LogP contribution in [0.4, 0.5) is 0 Å². The van der Waals surface area contributed by atoms with Crippen molar-refractivity contribution >= 4 is 0 Å². The first-order chi connectivity index (χ1) is 6.66. The molecule has 2 nitrogen and oxygen atoms in total. The molecule has 1 aromatic carbocycles. The van der Waals surface area contributed by atoms with Crippen LogP contribution in [0.2, 0.25) is 0 Å². The Labute approximate surface area is 84.7 Å². The maximum Gasteiger partial charge on any atom is 0.120 e. The molecule has 3 N–H and O–H groups in total. The number of aromatic hydroxyl groups is 1. The second-order valence-corrected chi connectivity index (χ2v) is 4.35. The molecule has 0 radical (unpaired) electrons. The number of hydrogen-bond donors (Lipinski definition) is 2. The Bertz CT molecular complexity index is 331. The molecule has 0 saturated heterocycles. The molecule has 1 atom stereocenters. The summed E-state index contributed by atoms with van der Waals surface area (Å²) in [5.41, 5.74) is 8.10. The minimum absolute atomic E-state index is 0.00222. The van der Waals surface area contributed by atoms with Crippen LogP contribution in [0, 0.1) is 12.8 Å². The monoisotopic (exact) mass is 191 g/mol. The Kier molecular flexibility index (Phi) is 2.46. The summed E-state index contributed by atoms with van der Waals surface area (Å²) in [6.07, 6.45) is 3.62. The lowest BCUT2D eigenvalue weighted by Crippen LogP contribution is -2.11. The highest BCUT2D eigenvalue weighted by Gasteiger charge is 2.25. The molecule has 0 bridgehead atoms. The van der Waals surface area contributed by atoms with Crippen molar-refractivity contribution in [1.82, 2.24) is 0 Å². The average molecular weight is 191 g/mol. The fourth-order valence-electron chi connectivity index (χ4n) is 1.81. The van der Waals surface area contributed by atoms with E-state index in [9.17, 15) is 5.11 Å². The third-order valence-electron chi connectivity index (χ3n) is 2.87. The number of rotatable bonds is 3.